The molecular formula is C21H30N2O6S2. The van der Waals surface area contributed by atoms with Crippen molar-refractivity contribution in [3.8, 4) is 5.75 Å². The van der Waals surface area contributed by atoms with Gasteiger partial charge >= 0.3 is 5.97 Å². The lowest BCUT2D eigenvalue weighted by Crippen LogP contribution is -2.45. The largest absolute Gasteiger partial charge is 0.478 e. The summed E-state index contributed by atoms with van der Waals surface area (Å²) in [6.45, 7) is 3.93. The third-order valence-electron chi connectivity index (χ3n) is 5.78. The van der Waals surface area contributed by atoms with E-state index in [1.807, 2.05) is 12.3 Å². The van der Waals surface area contributed by atoms with Crippen molar-refractivity contribution < 1.29 is 27.8 Å². The topological polar surface area (TPSA) is 96.4 Å². The Kier molecular flexibility index (Phi) is 7.90. The van der Waals surface area contributed by atoms with Crippen LogP contribution in [0.5, 0.6) is 5.75 Å². The van der Waals surface area contributed by atoms with E-state index in [1.165, 1.54) is 22.1 Å². The molecule has 2 heterocycles. The fourth-order valence-electron chi connectivity index (χ4n) is 4.00. The van der Waals surface area contributed by atoms with Crippen LogP contribution in [0.4, 0.5) is 5.69 Å². The van der Waals surface area contributed by atoms with Crippen LogP contribution in [0.15, 0.2) is 34.3 Å². The van der Waals surface area contributed by atoms with E-state index in [0.717, 1.165) is 42.9 Å². The summed E-state index contributed by atoms with van der Waals surface area (Å²) in [5, 5.41) is 8.83. The average Bonchev–Trinajstić information content (AvgIpc) is 3.25. The Morgan fingerprint density at radius 3 is 2.81 bits per heavy atom. The lowest BCUT2D eigenvalue weighted by atomic mass is 10.1. The number of carboxylic acids is 1. The molecule has 8 nitrogen and oxygen atoms in total. The number of unbranched alkanes of at least 4 members (excludes halogenated alkanes) is 1. The first-order valence-electron chi connectivity index (χ1n) is 10.4. The number of likely N-dealkylation sites (N-methyl/N-ethyl adjacent to an activating group) is 1. The van der Waals surface area contributed by atoms with Gasteiger partial charge in [0.15, 0.2) is 0 Å². The van der Waals surface area contributed by atoms with Crippen LogP contribution >= 0.6 is 11.8 Å². The van der Waals surface area contributed by atoms with Gasteiger partial charge in [0, 0.05) is 32.3 Å². The van der Waals surface area contributed by atoms with E-state index in [-0.39, 0.29) is 17.0 Å². The minimum atomic E-state index is -3.77. The highest BCUT2D eigenvalue weighted by Crippen LogP contribution is 2.42. The molecule has 0 aliphatic carbocycles. The monoisotopic (exact) mass is 470 g/mol. The van der Waals surface area contributed by atoms with Crippen LogP contribution in [0.3, 0.4) is 0 Å². The zero-order valence-electron chi connectivity index (χ0n) is 18.1. The number of carboxylic acid groups (broad SMARTS) is 1. The molecule has 2 aliphatic rings. The maximum absolute atomic E-state index is 13.6. The van der Waals surface area contributed by atoms with Crippen molar-refractivity contribution in [1.82, 2.24) is 4.31 Å². The van der Waals surface area contributed by atoms with Gasteiger partial charge in [0.05, 0.1) is 35.6 Å². The first-order valence-corrected chi connectivity index (χ1v) is 13.1. The molecule has 0 saturated carbocycles. The highest BCUT2D eigenvalue weighted by Gasteiger charge is 2.39. The van der Waals surface area contributed by atoms with Crippen molar-refractivity contribution >= 4 is 33.4 Å². The van der Waals surface area contributed by atoms with Crippen LogP contribution in [-0.2, 0) is 19.6 Å². The van der Waals surface area contributed by atoms with Gasteiger partial charge in [-0.25, -0.2) is 13.2 Å². The van der Waals surface area contributed by atoms with Crippen LogP contribution in [0.2, 0.25) is 0 Å². The summed E-state index contributed by atoms with van der Waals surface area (Å²) >= 11 is 1.42. The van der Waals surface area contributed by atoms with E-state index in [2.05, 4.69) is 11.8 Å². The Bertz CT molecular complexity index is 928. The lowest BCUT2D eigenvalue weighted by Gasteiger charge is -2.33. The Labute approximate surface area is 188 Å². The van der Waals surface area contributed by atoms with E-state index >= 15 is 0 Å². The predicted octanol–water partition coefficient (Wildman–Crippen LogP) is 3.17. The van der Waals surface area contributed by atoms with Crippen molar-refractivity contribution in [3.63, 3.8) is 0 Å². The van der Waals surface area contributed by atoms with Crippen LogP contribution in [0, 0.1) is 0 Å². The van der Waals surface area contributed by atoms with Gasteiger partial charge in [-0.1, -0.05) is 19.8 Å². The van der Waals surface area contributed by atoms with Crippen molar-refractivity contribution in [2.45, 2.75) is 54.5 Å². The fraction of sp³-hybridized carbons (Fsp3) is 0.571. The fourth-order valence-corrected chi connectivity index (χ4v) is 6.11. The molecule has 2 unspecified atom stereocenters. The van der Waals surface area contributed by atoms with Crippen molar-refractivity contribution in [2.75, 3.05) is 38.0 Å². The number of aliphatic carboxylic acids is 1. The normalized spacial score (nSPS) is 23.6. The second-order valence-corrected chi connectivity index (χ2v) is 10.5. The number of hydrogen-bond acceptors (Lipinski definition) is 7. The quantitative estimate of drug-likeness (QED) is 0.352. The number of thioether (sulfide) groups is 1. The molecule has 10 heteroatoms. The van der Waals surface area contributed by atoms with Crippen LogP contribution in [0.1, 0.15) is 32.6 Å². The molecule has 31 heavy (non-hydrogen) atoms. The molecule has 1 fully saturated rings. The van der Waals surface area contributed by atoms with Gasteiger partial charge in [0.25, 0.3) is 0 Å². The highest BCUT2D eigenvalue weighted by molar-refractivity contribution is 7.98. The number of rotatable bonds is 8. The van der Waals surface area contributed by atoms with E-state index < -0.39 is 16.0 Å². The maximum Gasteiger partial charge on any atom is 0.331 e. The number of anilines is 1. The van der Waals surface area contributed by atoms with E-state index in [0.29, 0.717) is 31.2 Å². The molecule has 0 aromatic heterocycles. The molecule has 1 saturated heterocycles. The molecular weight excluding hydrogens is 440 g/mol. The standard InChI is InChI=1S/C21H30N2O6S2/c1-4-5-6-15-13-23(16-7-9-28-14-16)17-11-19(30-3)18(29-10-8-21(24)25)12-20(17)31(26,27)22(15)2/h8,10-12,15-16H,4-7,9,13-14H2,1-3H3,(H,24,25)/b10-8+. The van der Waals surface area contributed by atoms with E-state index in [1.54, 1.807) is 7.05 Å². The summed E-state index contributed by atoms with van der Waals surface area (Å²) in [4.78, 5) is 13.9. The Hall–Kier alpha value is -1.75. The van der Waals surface area contributed by atoms with Gasteiger partial charge in [0.1, 0.15) is 10.6 Å². The zero-order chi connectivity index (χ0) is 22.6. The molecule has 0 amide bonds. The van der Waals surface area contributed by atoms with Crippen molar-refractivity contribution in [1.29, 1.82) is 0 Å². The molecule has 0 bridgehead atoms. The molecule has 1 aromatic rings. The third-order valence-corrected chi connectivity index (χ3v) is 8.47. The molecule has 0 spiro atoms. The summed E-state index contributed by atoms with van der Waals surface area (Å²) < 4.78 is 39.8. The van der Waals surface area contributed by atoms with Crippen LogP contribution < -0.4 is 9.64 Å². The first-order chi connectivity index (χ1) is 14.8. The number of hydrogen-bond donors (Lipinski definition) is 1. The summed E-state index contributed by atoms with van der Waals surface area (Å²) in [5.74, 6) is -0.825. The summed E-state index contributed by atoms with van der Waals surface area (Å²) in [6, 6.07) is 3.32. The van der Waals surface area contributed by atoms with Gasteiger partial charge < -0.3 is 19.5 Å². The average molecular weight is 471 g/mol. The zero-order valence-corrected chi connectivity index (χ0v) is 19.7. The number of fused-ring (bicyclic) bond motifs is 1. The molecule has 2 aliphatic heterocycles. The Balaban J connectivity index is 2.12. The van der Waals surface area contributed by atoms with E-state index in [9.17, 15) is 13.2 Å². The third kappa shape index (κ3) is 5.19. The number of nitrogens with zero attached hydrogens (tertiary/aromatic N) is 2. The lowest BCUT2D eigenvalue weighted by molar-refractivity contribution is -0.131. The van der Waals surface area contributed by atoms with Gasteiger partial charge in [-0.05, 0) is 25.2 Å². The van der Waals surface area contributed by atoms with E-state index in [4.69, 9.17) is 14.6 Å². The number of carbonyl (C=O) groups is 1. The predicted molar refractivity (Wildman–Crippen MR) is 120 cm³/mol. The number of sulfonamides is 1. The van der Waals surface area contributed by atoms with Crippen LogP contribution in [-0.4, -0.2) is 68.9 Å². The Morgan fingerprint density at radius 1 is 1.42 bits per heavy atom. The van der Waals surface area contributed by atoms with Gasteiger partial charge in [-0.2, -0.15) is 4.31 Å². The molecule has 172 valence electrons. The second-order valence-electron chi connectivity index (χ2n) is 7.72. The van der Waals surface area contributed by atoms with Gasteiger partial charge in [-0.15, -0.1) is 11.8 Å². The molecule has 3 rings (SSSR count). The first kappa shape index (κ1) is 23.9. The number of benzene rings is 1. The Morgan fingerprint density at radius 2 is 2.19 bits per heavy atom. The van der Waals surface area contributed by atoms with Crippen molar-refractivity contribution in [2.24, 2.45) is 0 Å². The van der Waals surface area contributed by atoms with Gasteiger partial charge in [-0.3, -0.25) is 0 Å². The minimum Gasteiger partial charge on any atom is -0.478 e. The smallest absolute Gasteiger partial charge is 0.331 e. The molecule has 1 aromatic carbocycles. The summed E-state index contributed by atoms with van der Waals surface area (Å²) in [6.07, 6.45) is 7.37. The molecule has 0 radical (unpaired) electrons. The highest BCUT2D eigenvalue weighted by atomic mass is 32.2. The van der Waals surface area contributed by atoms with Crippen LogP contribution in [0.25, 0.3) is 0 Å². The summed E-state index contributed by atoms with van der Waals surface area (Å²) in [5.41, 5.74) is 0.653. The number of ether oxygens (including phenoxy) is 2. The van der Waals surface area contributed by atoms with Gasteiger partial charge in [0.2, 0.25) is 10.0 Å². The molecule has 2 atom stereocenters. The van der Waals surface area contributed by atoms with Crippen molar-refractivity contribution in [3.05, 3.63) is 24.5 Å². The minimum absolute atomic E-state index is 0.109. The summed E-state index contributed by atoms with van der Waals surface area (Å²) in [7, 11) is -2.13. The molecule has 1 N–H and O–H groups in total. The SMILES string of the molecule is CCCCC1CN(C2CCOC2)c2cc(SC)c(O/C=C/C(=O)O)cc2S(=O)(=O)N1C. The maximum atomic E-state index is 13.6. The second kappa shape index (κ2) is 10.2.